The average molecular weight is 322 g/mol. The largest absolute Gasteiger partial charge is 0.452 e. The third-order valence-electron chi connectivity index (χ3n) is 2.57. The molecule has 0 amide bonds. The van der Waals surface area contributed by atoms with E-state index in [0.717, 1.165) is 14.9 Å². The van der Waals surface area contributed by atoms with Crippen molar-refractivity contribution >= 4 is 44.0 Å². The fraction of sp³-hybridized carbons (Fsp3) is 0.0769. The van der Waals surface area contributed by atoms with Gasteiger partial charge in [-0.05, 0) is 28.1 Å². The van der Waals surface area contributed by atoms with E-state index in [1.165, 1.54) is 11.3 Å². The number of nitrogens with zero attached hydrogens (tertiary/aromatic N) is 1. The summed E-state index contributed by atoms with van der Waals surface area (Å²) in [6.07, 6.45) is 1.98. The maximum absolute atomic E-state index is 12.1. The zero-order valence-electron chi connectivity index (χ0n) is 9.22. The number of furan rings is 1. The number of thiazole rings is 1. The molecule has 18 heavy (non-hydrogen) atoms. The number of fused-ring (bicyclic) bond motifs is 1. The number of para-hydroxylation sites is 1. The summed E-state index contributed by atoms with van der Waals surface area (Å²) in [7, 11) is 0. The number of hydrogen-bond acceptors (Lipinski definition) is 4. The van der Waals surface area contributed by atoms with Crippen LogP contribution in [-0.2, 0) is 6.42 Å². The molecule has 0 aliphatic carbocycles. The topological polar surface area (TPSA) is 43.1 Å². The van der Waals surface area contributed by atoms with E-state index in [4.69, 9.17) is 4.42 Å². The highest BCUT2D eigenvalue weighted by molar-refractivity contribution is 9.10. The Morgan fingerprint density at radius 1 is 1.44 bits per heavy atom. The van der Waals surface area contributed by atoms with Gasteiger partial charge >= 0.3 is 0 Å². The van der Waals surface area contributed by atoms with Crippen LogP contribution in [0.5, 0.6) is 0 Å². The first-order valence-electron chi connectivity index (χ1n) is 5.33. The quantitative estimate of drug-likeness (QED) is 0.683. The van der Waals surface area contributed by atoms with E-state index in [9.17, 15) is 4.79 Å². The summed E-state index contributed by atoms with van der Waals surface area (Å²) in [5.41, 5.74) is 0.708. The number of rotatable bonds is 3. The second-order valence-electron chi connectivity index (χ2n) is 3.79. The Bertz CT molecular complexity index is 703. The number of Topliss-reactive ketones (excluding diaryl/α,β-unsaturated/α-hetero) is 1. The maximum Gasteiger partial charge on any atom is 0.204 e. The smallest absolute Gasteiger partial charge is 0.204 e. The Morgan fingerprint density at radius 3 is 3.06 bits per heavy atom. The Hall–Kier alpha value is -1.46. The van der Waals surface area contributed by atoms with Gasteiger partial charge in [0, 0.05) is 17.0 Å². The SMILES string of the molecule is O=C(Cc1nccs1)c1cc2cccc(Br)c2o1. The Balaban J connectivity index is 1.94. The van der Waals surface area contributed by atoms with Crippen LogP contribution in [0.4, 0.5) is 0 Å². The molecule has 90 valence electrons. The molecule has 0 spiro atoms. The minimum Gasteiger partial charge on any atom is -0.452 e. The highest BCUT2D eigenvalue weighted by Crippen LogP contribution is 2.27. The van der Waals surface area contributed by atoms with Gasteiger partial charge in [0.2, 0.25) is 5.78 Å². The summed E-state index contributed by atoms with van der Waals surface area (Å²) in [5.74, 6) is 0.333. The van der Waals surface area contributed by atoms with Crippen LogP contribution in [0.2, 0.25) is 0 Å². The first kappa shape index (κ1) is 11.6. The van der Waals surface area contributed by atoms with Crippen LogP contribution in [0.15, 0.2) is 44.7 Å². The molecule has 0 N–H and O–H groups in total. The number of ketones is 1. The molecule has 3 nitrogen and oxygen atoms in total. The number of carbonyl (C=O) groups is 1. The number of halogens is 1. The Morgan fingerprint density at radius 2 is 2.33 bits per heavy atom. The molecular weight excluding hydrogens is 314 g/mol. The van der Waals surface area contributed by atoms with Gasteiger partial charge in [0.05, 0.1) is 10.9 Å². The molecular formula is C13H8BrNO2S. The van der Waals surface area contributed by atoms with Gasteiger partial charge in [-0.25, -0.2) is 4.98 Å². The lowest BCUT2D eigenvalue weighted by molar-refractivity contribution is 0.0968. The first-order valence-corrected chi connectivity index (χ1v) is 7.01. The minimum absolute atomic E-state index is 0.0481. The van der Waals surface area contributed by atoms with Crippen molar-refractivity contribution < 1.29 is 9.21 Å². The average Bonchev–Trinajstić information content (AvgIpc) is 2.97. The lowest BCUT2D eigenvalue weighted by Gasteiger charge is -1.93. The van der Waals surface area contributed by atoms with Crippen molar-refractivity contribution in [3.05, 3.63) is 51.1 Å². The van der Waals surface area contributed by atoms with Crippen molar-refractivity contribution in [3.63, 3.8) is 0 Å². The van der Waals surface area contributed by atoms with E-state index in [2.05, 4.69) is 20.9 Å². The zero-order valence-corrected chi connectivity index (χ0v) is 11.6. The number of benzene rings is 1. The van der Waals surface area contributed by atoms with Gasteiger partial charge < -0.3 is 4.42 Å². The predicted octanol–water partition coefficient (Wildman–Crippen LogP) is 4.08. The standard InChI is InChI=1S/C13H8BrNO2S/c14-9-3-1-2-8-6-11(17-13(8)9)10(16)7-12-15-4-5-18-12/h1-6H,7H2. The van der Waals surface area contributed by atoms with E-state index < -0.39 is 0 Å². The molecule has 0 saturated carbocycles. The Kier molecular flexibility index (Phi) is 3.01. The van der Waals surface area contributed by atoms with Gasteiger partial charge in [0.1, 0.15) is 10.6 Å². The lowest BCUT2D eigenvalue weighted by atomic mass is 10.2. The van der Waals surface area contributed by atoms with Gasteiger partial charge in [-0.3, -0.25) is 4.79 Å². The molecule has 5 heteroatoms. The highest BCUT2D eigenvalue weighted by Gasteiger charge is 2.15. The predicted molar refractivity (Wildman–Crippen MR) is 74.1 cm³/mol. The summed E-state index contributed by atoms with van der Waals surface area (Å²) in [6.45, 7) is 0. The van der Waals surface area contributed by atoms with Crippen molar-refractivity contribution in [2.45, 2.75) is 6.42 Å². The zero-order chi connectivity index (χ0) is 12.5. The molecule has 0 aliphatic rings. The molecule has 1 aromatic carbocycles. The van der Waals surface area contributed by atoms with E-state index in [1.54, 1.807) is 12.3 Å². The first-order chi connectivity index (χ1) is 8.74. The van der Waals surface area contributed by atoms with Gasteiger partial charge in [0.15, 0.2) is 5.76 Å². The van der Waals surface area contributed by atoms with Crippen LogP contribution in [0.1, 0.15) is 15.6 Å². The second kappa shape index (κ2) is 4.66. The lowest BCUT2D eigenvalue weighted by Crippen LogP contribution is -2.01. The van der Waals surface area contributed by atoms with Gasteiger partial charge in [-0.15, -0.1) is 11.3 Å². The Labute approximate surface area is 116 Å². The summed E-state index contributed by atoms with van der Waals surface area (Å²) >= 11 is 4.88. The van der Waals surface area contributed by atoms with E-state index in [1.807, 2.05) is 23.6 Å². The molecule has 0 radical (unpaired) electrons. The monoisotopic (exact) mass is 321 g/mol. The van der Waals surface area contributed by atoms with Crippen molar-refractivity contribution in [1.29, 1.82) is 0 Å². The molecule has 0 atom stereocenters. The van der Waals surface area contributed by atoms with E-state index in [-0.39, 0.29) is 12.2 Å². The van der Waals surface area contributed by atoms with Gasteiger partial charge in [0.25, 0.3) is 0 Å². The van der Waals surface area contributed by atoms with E-state index in [0.29, 0.717) is 11.3 Å². The van der Waals surface area contributed by atoms with Crippen LogP contribution in [0.25, 0.3) is 11.0 Å². The highest BCUT2D eigenvalue weighted by atomic mass is 79.9. The third kappa shape index (κ3) is 2.11. The van der Waals surface area contributed by atoms with Crippen molar-refractivity contribution in [2.24, 2.45) is 0 Å². The van der Waals surface area contributed by atoms with Crippen LogP contribution in [0, 0.1) is 0 Å². The number of carbonyl (C=O) groups excluding carboxylic acids is 1. The number of aromatic nitrogens is 1. The third-order valence-corrected chi connectivity index (χ3v) is 3.97. The molecule has 2 aromatic heterocycles. The van der Waals surface area contributed by atoms with Gasteiger partial charge in [-0.1, -0.05) is 12.1 Å². The van der Waals surface area contributed by atoms with Crippen LogP contribution in [-0.4, -0.2) is 10.8 Å². The second-order valence-corrected chi connectivity index (χ2v) is 5.63. The molecule has 0 unspecified atom stereocenters. The molecule has 0 aliphatic heterocycles. The van der Waals surface area contributed by atoms with E-state index >= 15 is 0 Å². The normalized spacial score (nSPS) is 10.9. The van der Waals surface area contributed by atoms with Gasteiger partial charge in [-0.2, -0.15) is 0 Å². The van der Waals surface area contributed by atoms with Crippen LogP contribution < -0.4 is 0 Å². The minimum atomic E-state index is -0.0481. The van der Waals surface area contributed by atoms with Crippen molar-refractivity contribution in [3.8, 4) is 0 Å². The summed E-state index contributed by atoms with van der Waals surface area (Å²) < 4.78 is 6.44. The number of hydrogen-bond donors (Lipinski definition) is 0. The van der Waals surface area contributed by atoms with Crippen molar-refractivity contribution in [2.75, 3.05) is 0 Å². The fourth-order valence-electron chi connectivity index (χ4n) is 1.73. The fourth-order valence-corrected chi connectivity index (χ4v) is 2.81. The molecule has 3 aromatic rings. The summed E-state index contributed by atoms with van der Waals surface area (Å²) in [4.78, 5) is 16.2. The summed E-state index contributed by atoms with van der Waals surface area (Å²) in [6, 6.07) is 7.50. The van der Waals surface area contributed by atoms with Crippen LogP contribution >= 0.6 is 27.3 Å². The molecule has 2 heterocycles. The van der Waals surface area contributed by atoms with Crippen LogP contribution in [0.3, 0.4) is 0 Å². The molecule has 0 saturated heterocycles. The molecule has 0 fully saturated rings. The van der Waals surface area contributed by atoms with Crippen molar-refractivity contribution in [1.82, 2.24) is 4.98 Å². The maximum atomic E-state index is 12.1. The molecule has 3 rings (SSSR count). The summed E-state index contributed by atoms with van der Waals surface area (Å²) in [5, 5.41) is 3.59. The molecule has 0 bridgehead atoms.